The maximum Gasteiger partial charge on any atom is 0.339 e. The van der Waals surface area contributed by atoms with Crippen molar-refractivity contribution in [2.75, 3.05) is 23.9 Å². The van der Waals surface area contributed by atoms with Crippen molar-refractivity contribution in [3.63, 3.8) is 0 Å². The summed E-state index contributed by atoms with van der Waals surface area (Å²) in [6.45, 7) is 0.741. The molecule has 5 nitrogen and oxygen atoms in total. The van der Waals surface area contributed by atoms with Crippen molar-refractivity contribution in [3.8, 4) is 0 Å². The van der Waals surface area contributed by atoms with Crippen molar-refractivity contribution in [1.82, 2.24) is 0 Å². The summed E-state index contributed by atoms with van der Waals surface area (Å²) < 4.78 is 4.79. The highest BCUT2D eigenvalue weighted by Crippen LogP contribution is 2.19. The van der Waals surface area contributed by atoms with Gasteiger partial charge in [-0.25, -0.2) is 4.79 Å². The summed E-state index contributed by atoms with van der Waals surface area (Å²) >= 11 is 0. The Bertz CT molecular complexity index is 927. The van der Waals surface area contributed by atoms with Gasteiger partial charge in [0.1, 0.15) is 0 Å². The van der Waals surface area contributed by atoms with Gasteiger partial charge >= 0.3 is 5.97 Å². The molecular weight excluding hydrogens is 352 g/mol. The maximum absolute atomic E-state index is 12.7. The molecule has 0 atom stereocenters. The minimum atomic E-state index is -0.486. The average Bonchev–Trinajstić information content (AvgIpc) is 2.74. The van der Waals surface area contributed by atoms with Gasteiger partial charge in [0, 0.05) is 12.2 Å². The van der Waals surface area contributed by atoms with Gasteiger partial charge in [0.05, 0.1) is 24.9 Å². The summed E-state index contributed by atoms with van der Waals surface area (Å²) in [7, 11) is 1.32. The monoisotopic (exact) mass is 374 g/mol. The second kappa shape index (κ2) is 9.37. The fourth-order valence-electron chi connectivity index (χ4n) is 2.92. The zero-order valence-corrected chi connectivity index (χ0v) is 15.7. The van der Waals surface area contributed by atoms with Crippen LogP contribution >= 0.6 is 0 Å². The van der Waals surface area contributed by atoms with Crippen LogP contribution < -0.4 is 10.2 Å². The number of carbonyl (C=O) groups excluding carboxylic acids is 2. The van der Waals surface area contributed by atoms with Crippen LogP contribution in [0.4, 0.5) is 11.4 Å². The predicted octanol–water partition coefficient (Wildman–Crippen LogP) is 4.12. The third kappa shape index (κ3) is 4.98. The van der Waals surface area contributed by atoms with E-state index >= 15 is 0 Å². The standard InChI is InChI=1S/C23H22N2O3/c1-28-23(27)20-14-8-9-15-21(20)24-22(26)17-25(19-12-6-3-7-13-19)16-18-10-4-2-5-11-18/h2-15H,16-17H2,1H3,(H,24,26). The van der Waals surface area contributed by atoms with Gasteiger partial charge in [-0.3, -0.25) is 4.79 Å². The molecule has 3 aromatic rings. The van der Waals surface area contributed by atoms with Gasteiger partial charge < -0.3 is 15.0 Å². The van der Waals surface area contributed by atoms with Crippen molar-refractivity contribution in [1.29, 1.82) is 0 Å². The molecule has 1 amide bonds. The number of rotatable bonds is 7. The quantitative estimate of drug-likeness (QED) is 0.632. The van der Waals surface area contributed by atoms with Crippen molar-refractivity contribution in [2.45, 2.75) is 6.54 Å². The molecule has 0 aliphatic heterocycles. The van der Waals surface area contributed by atoms with Gasteiger partial charge in [-0.2, -0.15) is 0 Å². The summed E-state index contributed by atoms with van der Waals surface area (Å²) in [5.41, 5.74) is 2.82. The lowest BCUT2D eigenvalue weighted by Gasteiger charge is -2.24. The van der Waals surface area contributed by atoms with Crippen molar-refractivity contribution in [3.05, 3.63) is 96.1 Å². The van der Waals surface area contributed by atoms with E-state index in [0.717, 1.165) is 11.3 Å². The Morgan fingerprint density at radius 3 is 2.14 bits per heavy atom. The van der Waals surface area contributed by atoms with Crippen LogP contribution in [0.2, 0.25) is 0 Å². The second-order valence-corrected chi connectivity index (χ2v) is 6.26. The number of hydrogen-bond donors (Lipinski definition) is 1. The smallest absolute Gasteiger partial charge is 0.339 e. The zero-order chi connectivity index (χ0) is 19.8. The summed E-state index contributed by atoms with van der Waals surface area (Å²) in [5, 5.41) is 2.83. The van der Waals surface area contributed by atoms with Crippen LogP contribution in [0.15, 0.2) is 84.9 Å². The molecule has 0 fully saturated rings. The van der Waals surface area contributed by atoms with E-state index in [4.69, 9.17) is 4.74 Å². The van der Waals surface area contributed by atoms with Gasteiger partial charge in [0.15, 0.2) is 0 Å². The van der Waals surface area contributed by atoms with Crippen LogP contribution in [0.5, 0.6) is 0 Å². The van der Waals surface area contributed by atoms with Crippen LogP contribution in [-0.2, 0) is 16.1 Å². The SMILES string of the molecule is COC(=O)c1ccccc1NC(=O)CN(Cc1ccccc1)c1ccccc1. The van der Waals surface area contributed by atoms with Crippen molar-refractivity contribution < 1.29 is 14.3 Å². The molecule has 0 heterocycles. The normalized spacial score (nSPS) is 10.2. The second-order valence-electron chi connectivity index (χ2n) is 6.26. The van der Waals surface area contributed by atoms with E-state index in [1.54, 1.807) is 24.3 Å². The lowest BCUT2D eigenvalue weighted by atomic mass is 10.1. The fourth-order valence-corrected chi connectivity index (χ4v) is 2.92. The number of nitrogens with one attached hydrogen (secondary N) is 1. The first-order chi connectivity index (χ1) is 13.7. The summed E-state index contributed by atoms with van der Waals surface area (Å²) in [4.78, 5) is 26.7. The number of ether oxygens (including phenoxy) is 1. The maximum atomic E-state index is 12.7. The fraction of sp³-hybridized carbons (Fsp3) is 0.130. The molecule has 0 aromatic heterocycles. The average molecular weight is 374 g/mol. The minimum absolute atomic E-state index is 0.147. The number of carbonyl (C=O) groups is 2. The van der Waals surface area contributed by atoms with Gasteiger partial charge in [-0.1, -0.05) is 60.7 Å². The Morgan fingerprint density at radius 2 is 1.46 bits per heavy atom. The Balaban J connectivity index is 1.78. The van der Waals surface area contributed by atoms with Crippen LogP contribution in [0.1, 0.15) is 15.9 Å². The topological polar surface area (TPSA) is 58.6 Å². The van der Waals surface area contributed by atoms with E-state index in [2.05, 4.69) is 5.32 Å². The number of para-hydroxylation sites is 2. The van der Waals surface area contributed by atoms with E-state index in [1.165, 1.54) is 7.11 Å². The van der Waals surface area contributed by atoms with Gasteiger partial charge in [0.25, 0.3) is 0 Å². The molecule has 0 aliphatic rings. The molecule has 142 valence electrons. The van der Waals surface area contributed by atoms with E-state index in [1.807, 2.05) is 65.6 Å². The number of benzene rings is 3. The minimum Gasteiger partial charge on any atom is -0.465 e. The number of methoxy groups -OCH3 is 1. The highest BCUT2D eigenvalue weighted by Gasteiger charge is 2.16. The van der Waals surface area contributed by atoms with E-state index in [9.17, 15) is 9.59 Å². The predicted molar refractivity (Wildman–Crippen MR) is 110 cm³/mol. The van der Waals surface area contributed by atoms with Crippen LogP contribution in [0.3, 0.4) is 0 Å². The molecule has 0 unspecified atom stereocenters. The molecular formula is C23H22N2O3. The van der Waals surface area contributed by atoms with Crippen LogP contribution in [0, 0.1) is 0 Å². The van der Waals surface area contributed by atoms with Gasteiger partial charge in [-0.05, 0) is 29.8 Å². The van der Waals surface area contributed by atoms with Gasteiger partial charge in [-0.15, -0.1) is 0 Å². The molecule has 5 heteroatoms. The summed E-state index contributed by atoms with van der Waals surface area (Å²) in [6, 6.07) is 26.6. The Hall–Kier alpha value is -3.60. The van der Waals surface area contributed by atoms with E-state index < -0.39 is 5.97 Å². The first-order valence-electron chi connectivity index (χ1n) is 8.98. The Kier molecular flexibility index (Phi) is 6.41. The van der Waals surface area contributed by atoms with Crippen LogP contribution in [-0.4, -0.2) is 25.5 Å². The highest BCUT2D eigenvalue weighted by molar-refractivity contribution is 6.02. The third-order valence-electron chi connectivity index (χ3n) is 4.28. The molecule has 1 N–H and O–H groups in total. The molecule has 0 spiro atoms. The van der Waals surface area contributed by atoms with E-state index in [-0.39, 0.29) is 12.5 Å². The van der Waals surface area contributed by atoms with Crippen molar-refractivity contribution in [2.24, 2.45) is 0 Å². The molecule has 0 saturated heterocycles. The molecule has 3 aromatic carbocycles. The summed E-state index contributed by atoms with van der Waals surface area (Å²) in [6.07, 6.45) is 0. The molecule has 0 bridgehead atoms. The molecule has 28 heavy (non-hydrogen) atoms. The lowest BCUT2D eigenvalue weighted by Crippen LogP contribution is -2.33. The van der Waals surface area contributed by atoms with Gasteiger partial charge in [0.2, 0.25) is 5.91 Å². The number of anilines is 2. The Labute approximate surface area is 164 Å². The first-order valence-corrected chi connectivity index (χ1v) is 8.98. The zero-order valence-electron chi connectivity index (χ0n) is 15.7. The third-order valence-corrected chi connectivity index (χ3v) is 4.28. The molecule has 3 rings (SSSR count). The van der Waals surface area contributed by atoms with Crippen molar-refractivity contribution >= 4 is 23.3 Å². The highest BCUT2D eigenvalue weighted by atomic mass is 16.5. The lowest BCUT2D eigenvalue weighted by molar-refractivity contribution is -0.115. The first kappa shape index (κ1) is 19.2. The Morgan fingerprint density at radius 1 is 0.857 bits per heavy atom. The number of amides is 1. The number of hydrogen-bond acceptors (Lipinski definition) is 4. The van der Waals surface area contributed by atoms with Crippen LogP contribution in [0.25, 0.3) is 0 Å². The molecule has 0 radical (unpaired) electrons. The molecule has 0 saturated carbocycles. The molecule has 0 aliphatic carbocycles. The van der Waals surface area contributed by atoms with E-state index in [0.29, 0.717) is 17.8 Å². The number of nitrogens with zero attached hydrogens (tertiary/aromatic N) is 1. The number of esters is 1. The summed E-state index contributed by atoms with van der Waals surface area (Å²) in [5.74, 6) is -0.698. The largest absolute Gasteiger partial charge is 0.465 e.